The lowest BCUT2D eigenvalue weighted by Gasteiger charge is -2.09. The number of nitrogen functional groups attached to an aromatic ring is 1. The summed E-state index contributed by atoms with van der Waals surface area (Å²) in [5.41, 5.74) is 11.7. The minimum Gasteiger partial charge on any atom is -0.455 e. The van der Waals surface area contributed by atoms with Crippen molar-refractivity contribution >= 4 is 27.5 Å². The lowest BCUT2D eigenvalue weighted by molar-refractivity contribution is 0.0998. The summed E-state index contributed by atoms with van der Waals surface area (Å²) < 4.78 is 6.33. The van der Waals surface area contributed by atoms with Gasteiger partial charge in [0.05, 0.1) is 11.8 Å². The number of pyridine rings is 1. The van der Waals surface area contributed by atoms with E-state index in [1.54, 1.807) is 24.4 Å². The first-order valence-corrected chi connectivity index (χ1v) is 5.83. The van der Waals surface area contributed by atoms with Crippen molar-refractivity contribution in [1.29, 1.82) is 0 Å². The molecule has 0 aliphatic rings. The van der Waals surface area contributed by atoms with Gasteiger partial charge in [0.15, 0.2) is 0 Å². The molecule has 0 bridgehead atoms. The van der Waals surface area contributed by atoms with Crippen molar-refractivity contribution in [3.05, 3.63) is 46.7 Å². The van der Waals surface area contributed by atoms with Crippen molar-refractivity contribution in [1.82, 2.24) is 4.98 Å². The first-order valence-electron chi connectivity index (χ1n) is 5.04. The lowest BCUT2D eigenvalue weighted by atomic mass is 10.1. The number of hydrogen-bond donors (Lipinski definition) is 2. The van der Waals surface area contributed by atoms with Gasteiger partial charge in [-0.15, -0.1) is 0 Å². The second kappa shape index (κ2) is 5.05. The Bertz CT molecular complexity index is 602. The van der Waals surface area contributed by atoms with Crippen LogP contribution in [0.5, 0.6) is 11.5 Å². The number of primary amides is 1. The maximum atomic E-state index is 11.3. The number of ether oxygens (including phenoxy) is 1. The van der Waals surface area contributed by atoms with Gasteiger partial charge in [-0.1, -0.05) is 0 Å². The number of aromatic nitrogens is 1. The van der Waals surface area contributed by atoms with Crippen LogP contribution in [-0.2, 0) is 0 Å². The van der Waals surface area contributed by atoms with Gasteiger partial charge in [0.1, 0.15) is 11.5 Å². The second-order valence-corrected chi connectivity index (χ2v) is 4.48. The Morgan fingerprint density at radius 1 is 1.28 bits per heavy atom. The molecule has 1 aromatic heterocycles. The maximum Gasteiger partial charge on any atom is 0.252 e. The summed E-state index contributed by atoms with van der Waals surface area (Å²) in [6.45, 7) is 0. The van der Waals surface area contributed by atoms with Crippen LogP contribution in [-0.4, -0.2) is 10.9 Å². The summed E-state index contributed by atoms with van der Waals surface area (Å²) in [4.78, 5) is 15.2. The van der Waals surface area contributed by atoms with Crippen molar-refractivity contribution in [2.24, 2.45) is 5.73 Å². The number of halogens is 1. The van der Waals surface area contributed by atoms with Gasteiger partial charge in [-0.25, -0.2) is 0 Å². The van der Waals surface area contributed by atoms with Gasteiger partial charge < -0.3 is 16.2 Å². The van der Waals surface area contributed by atoms with E-state index in [-0.39, 0.29) is 5.56 Å². The molecule has 0 saturated heterocycles. The monoisotopic (exact) mass is 307 g/mol. The third-order valence-electron chi connectivity index (χ3n) is 2.18. The van der Waals surface area contributed by atoms with Crippen LogP contribution in [0.15, 0.2) is 41.1 Å². The quantitative estimate of drug-likeness (QED) is 0.851. The van der Waals surface area contributed by atoms with Crippen LogP contribution >= 0.6 is 15.9 Å². The highest BCUT2D eigenvalue weighted by atomic mass is 79.9. The van der Waals surface area contributed by atoms with Crippen molar-refractivity contribution in [2.45, 2.75) is 0 Å². The molecule has 0 aliphatic carbocycles. The molecule has 2 rings (SSSR count). The van der Waals surface area contributed by atoms with E-state index in [0.29, 0.717) is 17.2 Å². The average Bonchev–Trinajstić information content (AvgIpc) is 2.28. The van der Waals surface area contributed by atoms with Crippen molar-refractivity contribution in [3.8, 4) is 11.5 Å². The van der Waals surface area contributed by atoms with Gasteiger partial charge in [-0.3, -0.25) is 9.78 Å². The Labute approximate surface area is 112 Å². The molecule has 0 radical (unpaired) electrons. The Hall–Kier alpha value is -2.08. The molecule has 92 valence electrons. The molecular weight excluding hydrogens is 298 g/mol. The van der Waals surface area contributed by atoms with Crippen LogP contribution in [0.4, 0.5) is 5.69 Å². The Morgan fingerprint density at radius 2 is 2.06 bits per heavy atom. The highest BCUT2D eigenvalue weighted by Crippen LogP contribution is 2.28. The van der Waals surface area contributed by atoms with Crippen LogP contribution in [0.3, 0.4) is 0 Å². The van der Waals surface area contributed by atoms with E-state index in [0.717, 1.165) is 4.47 Å². The summed E-state index contributed by atoms with van der Waals surface area (Å²) in [5, 5.41) is 0. The number of carbonyl (C=O) groups excluding carboxylic acids is 1. The molecule has 0 atom stereocenters. The number of benzene rings is 1. The van der Waals surface area contributed by atoms with Gasteiger partial charge in [0, 0.05) is 22.4 Å². The summed E-state index contributed by atoms with van der Waals surface area (Å²) >= 11 is 3.28. The van der Waals surface area contributed by atoms with E-state index in [1.807, 2.05) is 0 Å². The fraction of sp³-hybridized carbons (Fsp3) is 0. The molecule has 4 N–H and O–H groups in total. The Morgan fingerprint density at radius 3 is 2.72 bits per heavy atom. The molecule has 1 aromatic carbocycles. The van der Waals surface area contributed by atoms with Gasteiger partial charge in [0.25, 0.3) is 5.91 Å². The molecule has 18 heavy (non-hydrogen) atoms. The smallest absolute Gasteiger partial charge is 0.252 e. The Kier molecular flexibility index (Phi) is 3.47. The van der Waals surface area contributed by atoms with Gasteiger partial charge in [-0.05, 0) is 34.1 Å². The topological polar surface area (TPSA) is 91.2 Å². The molecule has 1 amide bonds. The zero-order valence-electron chi connectivity index (χ0n) is 9.26. The van der Waals surface area contributed by atoms with Crippen LogP contribution in [0, 0.1) is 0 Å². The zero-order valence-corrected chi connectivity index (χ0v) is 10.8. The molecule has 0 saturated carbocycles. The van der Waals surface area contributed by atoms with E-state index in [4.69, 9.17) is 16.2 Å². The van der Waals surface area contributed by atoms with Crippen LogP contribution < -0.4 is 16.2 Å². The predicted octanol–water partition coefficient (Wildman–Crippen LogP) is 2.32. The third-order valence-corrected chi connectivity index (χ3v) is 2.61. The molecule has 2 aromatic rings. The highest BCUT2D eigenvalue weighted by Gasteiger charge is 2.11. The minimum absolute atomic E-state index is 0.268. The molecular formula is C12H10BrN3O2. The van der Waals surface area contributed by atoms with Crippen molar-refractivity contribution in [3.63, 3.8) is 0 Å². The lowest BCUT2D eigenvalue weighted by Crippen LogP contribution is -2.12. The van der Waals surface area contributed by atoms with Gasteiger partial charge >= 0.3 is 0 Å². The highest BCUT2D eigenvalue weighted by molar-refractivity contribution is 9.10. The SMILES string of the molecule is NC(=O)c1ccc(N)cc1Oc1cncc(Br)c1. The molecule has 0 unspecified atom stereocenters. The van der Waals surface area contributed by atoms with Gasteiger partial charge in [-0.2, -0.15) is 0 Å². The Balaban J connectivity index is 2.39. The largest absolute Gasteiger partial charge is 0.455 e. The molecule has 6 heteroatoms. The molecule has 0 fully saturated rings. The normalized spacial score (nSPS) is 10.1. The van der Waals surface area contributed by atoms with E-state index in [2.05, 4.69) is 20.9 Å². The van der Waals surface area contributed by atoms with Crippen LogP contribution in [0.25, 0.3) is 0 Å². The fourth-order valence-electron chi connectivity index (χ4n) is 1.40. The number of rotatable bonds is 3. The summed E-state index contributed by atoms with van der Waals surface area (Å²) in [5.74, 6) is 0.216. The standard InChI is InChI=1S/C12H10BrN3O2/c13-7-3-9(6-16-5-7)18-11-4-8(14)1-2-10(11)12(15)17/h1-6H,14H2,(H2,15,17). The molecule has 0 spiro atoms. The summed E-state index contributed by atoms with van der Waals surface area (Å²) in [7, 11) is 0. The number of nitrogens with zero attached hydrogens (tertiary/aromatic N) is 1. The molecule has 5 nitrogen and oxygen atoms in total. The molecule has 1 heterocycles. The van der Waals surface area contributed by atoms with E-state index >= 15 is 0 Å². The van der Waals surface area contributed by atoms with Crippen molar-refractivity contribution in [2.75, 3.05) is 5.73 Å². The maximum absolute atomic E-state index is 11.3. The second-order valence-electron chi connectivity index (χ2n) is 3.56. The van der Waals surface area contributed by atoms with Gasteiger partial charge in [0.2, 0.25) is 0 Å². The number of nitrogens with two attached hydrogens (primary N) is 2. The summed E-state index contributed by atoms with van der Waals surface area (Å²) in [6.07, 6.45) is 3.15. The number of amides is 1. The van der Waals surface area contributed by atoms with Crippen LogP contribution in [0.2, 0.25) is 0 Å². The number of hydrogen-bond acceptors (Lipinski definition) is 4. The zero-order chi connectivity index (χ0) is 13.1. The first-order chi connectivity index (χ1) is 8.56. The minimum atomic E-state index is -0.576. The predicted molar refractivity (Wildman–Crippen MR) is 71.4 cm³/mol. The first kappa shape index (κ1) is 12.4. The summed E-state index contributed by atoms with van der Waals surface area (Å²) in [6, 6.07) is 6.38. The fourth-order valence-corrected chi connectivity index (χ4v) is 1.75. The number of anilines is 1. The average molecular weight is 308 g/mol. The number of carbonyl (C=O) groups is 1. The molecule has 0 aliphatic heterocycles. The van der Waals surface area contributed by atoms with Crippen LogP contribution in [0.1, 0.15) is 10.4 Å². The van der Waals surface area contributed by atoms with Crippen molar-refractivity contribution < 1.29 is 9.53 Å². The van der Waals surface area contributed by atoms with E-state index in [1.165, 1.54) is 12.3 Å². The van der Waals surface area contributed by atoms with E-state index < -0.39 is 5.91 Å². The van der Waals surface area contributed by atoms with E-state index in [9.17, 15) is 4.79 Å². The third kappa shape index (κ3) is 2.78.